The average Bonchev–Trinajstić information content (AvgIpc) is 3.47. The second-order valence-electron chi connectivity index (χ2n) is 9.05. The number of aromatic carboxylic acids is 1. The first-order valence-corrected chi connectivity index (χ1v) is 11.5. The summed E-state index contributed by atoms with van der Waals surface area (Å²) in [6.07, 6.45) is 5.49. The number of nitrogens with zero attached hydrogens (tertiary/aromatic N) is 5. The molecule has 2 fully saturated rings. The minimum Gasteiger partial charge on any atom is -0.476 e. The Balaban J connectivity index is 1.38. The number of anilines is 1. The Hall–Kier alpha value is -2.58. The van der Waals surface area contributed by atoms with Gasteiger partial charge in [-0.15, -0.1) is 0 Å². The van der Waals surface area contributed by atoms with Crippen molar-refractivity contribution >= 4 is 29.3 Å². The molecule has 2 aromatic rings. The Morgan fingerprint density at radius 1 is 1.16 bits per heavy atom. The molecular formula is C23H30ClN5O3. The van der Waals surface area contributed by atoms with Crippen LogP contribution in [0.25, 0.3) is 0 Å². The van der Waals surface area contributed by atoms with Crippen LogP contribution in [-0.4, -0.2) is 75.5 Å². The van der Waals surface area contributed by atoms with Gasteiger partial charge in [0.1, 0.15) is 0 Å². The molecule has 2 aliphatic heterocycles. The van der Waals surface area contributed by atoms with Crippen molar-refractivity contribution in [3.63, 3.8) is 0 Å². The fourth-order valence-electron chi connectivity index (χ4n) is 4.57. The van der Waals surface area contributed by atoms with Crippen LogP contribution in [0.2, 0.25) is 5.02 Å². The molecule has 0 atom stereocenters. The maximum absolute atomic E-state index is 12.7. The molecule has 1 aromatic heterocycles. The minimum atomic E-state index is -1.14. The number of halogens is 1. The maximum atomic E-state index is 12.7. The van der Waals surface area contributed by atoms with Crippen molar-refractivity contribution in [2.75, 3.05) is 38.1 Å². The molecule has 0 saturated carbocycles. The van der Waals surface area contributed by atoms with Crippen LogP contribution < -0.4 is 4.90 Å². The minimum absolute atomic E-state index is 0.0411. The fraction of sp³-hybridized carbons (Fsp3) is 0.522. The predicted octanol–water partition coefficient (Wildman–Crippen LogP) is 3.79. The summed E-state index contributed by atoms with van der Waals surface area (Å²) in [5.74, 6) is -1.14. The van der Waals surface area contributed by atoms with Crippen molar-refractivity contribution < 1.29 is 14.7 Å². The highest BCUT2D eigenvalue weighted by molar-refractivity contribution is 6.33. The van der Waals surface area contributed by atoms with Crippen molar-refractivity contribution in [3.05, 3.63) is 46.7 Å². The van der Waals surface area contributed by atoms with Gasteiger partial charge in [-0.1, -0.05) is 17.7 Å². The molecular weight excluding hydrogens is 430 g/mol. The number of likely N-dealkylation sites (tertiary alicyclic amines) is 1. The summed E-state index contributed by atoms with van der Waals surface area (Å²) in [4.78, 5) is 30.2. The third kappa shape index (κ3) is 4.61. The summed E-state index contributed by atoms with van der Waals surface area (Å²) < 4.78 is 1.11. The molecule has 0 radical (unpaired) electrons. The van der Waals surface area contributed by atoms with Gasteiger partial charge in [-0.2, -0.15) is 9.78 Å². The summed E-state index contributed by atoms with van der Waals surface area (Å²) in [6, 6.07) is 7.36. The molecule has 1 amide bonds. The van der Waals surface area contributed by atoms with Gasteiger partial charge in [0, 0.05) is 44.5 Å². The zero-order chi connectivity index (χ0) is 22.9. The van der Waals surface area contributed by atoms with Crippen LogP contribution in [0.1, 0.15) is 48.7 Å². The smallest absolute Gasteiger partial charge is 0.356 e. The van der Waals surface area contributed by atoms with Gasteiger partial charge in [0.2, 0.25) is 0 Å². The van der Waals surface area contributed by atoms with Gasteiger partial charge in [-0.05, 0) is 63.4 Å². The van der Waals surface area contributed by atoms with Gasteiger partial charge >= 0.3 is 12.0 Å². The first-order chi connectivity index (χ1) is 15.3. The number of hydrogen-bond acceptors (Lipinski definition) is 5. The number of hydrogen-bond donors (Lipinski definition) is 1. The lowest BCUT2D eigenvalue weighted by atomic mass is 9.87. The van der Waals surface area contributed by atoms with E-state index in [2.05, 4.69) is 41.0 Å². The zero-order valence-electron chi connectivity index (χ0n) is 18.6. The second-order valence-corrected chi connectivity index (χ2v) is 9.46. The van der Waals surface area contributed by atoms with E-state index in [4.69, 9.17) is 16.7 Å². The molecule has 3 heterocycles. The van der Waals surface area contributed by atoms with Crippen LogP contribution in [0.15, 0.2) is 30.5 Å². The summed E-state index contributed by atoms with van der Waals surface area (Å²) in [5.41, 5.74) is 2.19. The van der Waals surface area contributed by atoms with Gasteiger partial charge in [-0.25, -0.2) is 9.59 Å². The lowest BCUT2D eigenvalue weighted by molar-refractivity contribution is 0.0584. The van der Waals surface area contributed by atoms with E-state index in [1.807, 2.05) is 6.07 Å². The monoisotopic (exact) mass is 459 g/mol. The van der Waals surface area contributed by atoms with Crippen LogP contribution >= 0.6 is 11.6 Å². The third-order valence-corrected chi connectivity index (χ3v) is 7.23. The summed E-state index contributed by atoms with van der Waals surface area (Å²) in [7, 11) is 2.13. The number of rotatable bonds is 5. The van der Waals surface area contributed by atoms with Gasteiger partial charge < -0.3 is 14.9 Å². The normalized spacial score (nSPS) is 18.4. The highest BCUT2D eigenvalue weighted by atomic mass is 35.5. The van der Waals surface area contributed by atoms with Gasteiger partial charge in [0.05, 0.1) is 10.7 Å². The number of carboxylic acid groups (broad SMARTS) is 1. The number of aromatic nitrogens is 2. The summed E-state index contributed by atoms with van der Waals surface area (Å²) in [6.45, 7) is 6.37. The number of amides is 1. The van der Waals surface area contributed by atoms with Gasteiger partial charge in [0.25, 0.3) is 0 Å². The van der Waals surface area contributed by atoms with Crippen molar-refractivity contribution in [1.82, 2.24) is 19.6 Å². The Bertz CT molecular complexity index is 993. The quantitative estimate of drug-likeness (QED) is 0.732. The van der Waals surface area contributed by atoms with Crippen molar-refractivity contribution in [2.45, 2.75) is 44.7 Å². The first-order valence-electron chi connectivity index (χ1n) is 11.1. The largest absolute Gasteiger partial charge is 0.476 e. The Morgan fingerprint density at radius 3 is 2.47 bits per heavy atom. The summed E-state index contributed by atoms with van der Waals surface area (Å²) >= 11 is 6.47. The Morgan fingerprint density at radius 2 is 1.84 bits per heavy atom. The van der Waals surface area contributed by atoms with Crippen molar-refractivity contribution in [1.29, 1.82) is 0 Å². The molecule has 0 spiro atoms. The number of benzene rings is 1. The Labute approximate surface area is 193 Å². The first kappa shape index (κ1) is 22.6. The van der Waals surface area contributed by atoms with E-state index in [-0.39, 0.29) is 17.3 Å². The molecule has 9 heteroatoms. The lowest BCUT2D eigenvalue weighted by Crippen LogP contribution is -2.53. The number of carboxylic acids is 1. The molecule has 4 rings (SSSR count). The molecule has 1 N–H and O–H groups in total. The van der Waals surface area contributed by atoms with Crippen molar-refractivity contribution in [2.24, 2.45) is 0 Å². The number of carbonyl (C=O) groups excluding carboxylic acids is 1. The van der Waals surface area contributed by atoms with Crippen LogP contribution in [-0.2, 0) is 6.54 Å². The van der Waals surface area contributed by atoms with Crippen LogP contribution in [0.5, 0.6) is 0 Å². The van der Waals surface area contributed by atoms with E-state index >= 15 is 0 Å². The summed E-state index contributed by atoms with van der Waals surface area (Å²) in [5, 5.41) is 13.7. The van der Waals surface area contributed by atoms with E-state index in [1.54, 1.807) is 4.90 Å². The molecule has 0 unspecified atom stereocenters. The molecule has 0 bridgehead atoms. The topological polar surface area (TPSA) is 81.9 Å². The van der Waals surface area contributed by atoms with Crippen LogP contribution in [0, 0.1) is 0 Å². The number of carbonyl (C=O) groups is 2. The molecule has 172 valence electrons. The van der Waals surface area contributed by atoms with E-state index < -0.39 is 5.97 Å². The van der Waals surface area contributed by atoms with E-state index in [1.165, 1.54) is 30.7 Å². The molecule has 2 saturated heterocycles. The molecule has 0 aliphatic carbocycles. The lowest BCUT2D eigenvalue weighted by Gasteiger charge is -2.45. The number of piperidine rings is 1. The maximum Gasteiger partial charge on any atom is 0.356 e. The molecule has 8 nitrogen and oxygen atoms in total. The van der Waals surface area contributed by atoms with Crippen LogP contribution in [0.3, 0.4) is 0 Å². The zero-order valence-corrected chi connectivity index (χ0v) is 19.4. The van der Waals surface area contributed by atoms with E-state index in [0.29, 0.717) is 13.1 Å². The highest BCUT2D eigenvalue weighted by Crippen LogP contribution is 2.33. The van der Waals surface area contributed by atoms with E-state index in [9.17, 15) is 9.59 Å². The fourth-order valence-corrected chi connectivity index (χ4v) is 4.81. The Kier molecular flexibility index (Phi) is 6.44. The second kappa shape index (κ2) is 9.11. The average molecular weight is 460 g/mol. The van der Waals surface area contributed by atoms with Gasteiger partial charge in [-0.3, -0.25) is 4.90 Å². The molecule has 2 aliphatic rings. The standard InChI is InChI=1S/C23H30ClN5O3/c1-23(8-13-28(14-9-23)22(32)29-12-7-19(25-29)21(30)31)26(2)16-17-5-6-18(24)20(15-17)27-10-3-4-11-27/h5-7,12,15H,3-4,8-11,13-14,16H2,1-2H3,(H,30,31). The van der Waals surface area contributed by atoms with Crippen molar-refractivity contribution in [3.8, 4) is 0 Å². The highest BCUT2D eigenvalue weighted by Gasteiger charge is 2.35. The molecule has 32 heavy (non-hydrogen) atoms. The van der Waals surface area contributed by atoms with E-state index in [0.717, 1.165) is 47.9 Å². The molecule has 1 aromatic carbocycles. The third-order valence-electron chi connectivity index (χ3n) is 6.91. The van der Waals surface area contributed by atoms with Gasteiger partial charge in [0.15, 0.2) is 5.69 Å². The van der Waals surface area contributed by atoms with Crippen LogP contribution in [0.4, 0.5) is 10.5 Å². The predicted molar refractivity (Wildman–Crippen MR) is 124 cm³/mol. The SMILES string of the molecule is CN(Cc1ccc(Cl)c(N2CCCC2)c1)C1(C)CCN(C(=O)n2ccc(C(=O)O)n2)CC1.